The normalized spacial score (nSPS) is 21.6. The fourth-order valence-corrected chi connectivity index (χ4v) is 3.50. The number of fused-ring (bicyclic) bond motifs is 1. The summed E-state index contributed by atoms with van der Waals surface area (Å²) in [6, 6.07) is 19.6. The Morgan fingerprint density at radius 3 is 2.48 bits per heavy atom. The van der Waals surface area contributed by atoms with Crippen LogP contribution in [-0.4, -0.2) is 30.2 Å². The fourth-order valence-electron chi connectivity index (χ4n) is 3.50. The van der Waals surface area contributed by atoms with Crippen molar-refractivity contribution in [3.63, 3.8) is 0 Å². The van der Waals surface area contributed by atoms with Gasteiger partial charge in [-0.3, -0.25) is 0 Å². The molecule has 2 aromatic carbocycles. The van der Waals surface area contributed by atoms with Crippen molar-refractivity contribution in [1.29, 1.82) is 0 Å². The van der Waals surface area contributed by atoms with E-state index in [2.05, 4.69) is 6.08 Å². The molecule has 4 heteroatoms. The van der Waals surface area contributed by atoms with Gasteiger partial charge in [0, 0.05) is 19.0 Å². The SMILES string of the molecule is O=C(OCc1ccccc1)N1CC2=C[C@@H](Oc3ccccc3)C[C@@H]2C1. The van der Waals surface area contributed by atoms with Gasteiger partial charge in [0.15, 0.2) is 0 Å². The minimum absolute atomic E-state index is 0.102. The average molecular weight is 335 g/mol. The molecule has 2 aromatic rings. The van der Waals surface area contributed by atoms with E-state index in [1.165, 1.54) is 5.57 Å². The minimum atomic E-state index is -0.236. The number of nitrogens with zero attached hydrogens (tertiary/aromatic N) is 1. The highest BCUT2D eigenvalue weighted by Gasteiger charge is 2.37. The van der Waals surface area contributed by atoms with E-state index in [1.807, 2.05) is 60.7 Å². The van der Waals surface area contributed by atoms with E-state index in [1.54, 1.807) is 4.90 Å². The molecule has 0 radical (unpaired) electrons. The summed E-state index contributed by atoms with van der Waals surface area (Å²) in [5, 5.41) is 0. The number of carbonyl (C=O) groups excluding carboxylic acids is 1. The van der Waals surface area contributed by atoms with Crippen molar-refractivity contribution in [3.8, 4) is 5.75 Å². The Morgan fingerprint density at radius 1 is 1.04 bits per heavy atom. The third-order valence-electron chi connectivity index (χ3n) is 4.75. The lowest BCUT2D eigenvalue weighted by atomic mass is 10.1. The highest BCUT2D eigenvalue weighted by atomic mass is 16.6. The van der Waals surface area contributed by atoms with Crippen molar-refractivity contribution in [3.05, 3.63) is 77.9 Å². The molecule has 0 aromatic heterocycles. The first-order valence-corrected chi connectivity index (χ1v) is 8.66. The topological polar surface area (TPSA) is 38.8 Å². The molecule has 0 unspecified atom stereocenters. The van der Waals surface area contributed by atoms with Gasteiger partial charge in [-0.05, 0) is 35.8 Å². The molecule has 0 saturated carbocycles. The number of para-hydroxylation sites is 1. The summed E-state index contributed by atoms with van der Waals surface area (Å²) in [5.41, 5.74) is 2.29. The van der Waals surface area contributed by atoms with Crippen LogP contribution in [0.5, 0.6) is 5.75 Å². The Hall–Kier alpha value is -2.75. The lowest BCUT2D eigenvalue weighted by Crippen LogP contribution is -2.30. The number of amides is 1. The van der Waals surface area contributed by atoms with E-state index >= 15 is 0 Å². The predicted octanol–water partition coefficient (Wildman–Crippen LogP) is 4.03. The predicted molar refractivity (Wildman–Crippen MR) is 95.2 cm³/mol. The van der Waals surface area contributed by atoms with Crippen LogP contribution in [0.4, 0.5) is 4.79 Å². The fraction of sp³-hybridized carbons (Fsp3) is 0.286. The first kappa shape index (κ1) is 15.8. The van der Waals surface area contributed by atoms with E-state index in [9.17, 15) is 4.79 Å². The zero-order valence-corrected chi connectivity index (χ0v) is 14.0. The van der Waals surface area contributed by atoms with Crippen molar-refractivity contribution >= 4 is 6.09 Å². The van der Waals surface area contributed by atoms with Gasteiger partial charge in [0.2, 0.25) is 0 Å². The number of rotatable bonds is 4. The molecule has 1 fully saturated rings. The van der Waals surface area contributed by atoms with Crippen molar-refractivity contribution in [2.75, 3.05) is 13.1 Å². The second-order valence-corrected chi connectivity index (χ2v) is 6.56. The zero-order valence-electron chi connectivity index (χ0n) is 14.0. The Labute approximate surface area is 147 Å². The maximum atomic E-state index is 12.3. The van der Waals surface area contributed by atoms with Crippen LogP contribution in [0.1, 0.15) is 12.0 Å². The van der Waals surface area contributed by atoms with Crippen molar-refractivity contribution in [2.45, 2.75) is 19.1 Å². The molecular formula is C21H21NO3. The minimum Gasteiger partial charge on any atom is -0.486 e. The summed E-state index contributed by atoms with van der Waals surface area (Å²) < 4.78 is 11.4. The van der Waals surface area contributed by atoms with Gasteiger partial charge >= 0.3 is 6.09 Å². The smallest absolute Gasteiger partial charge is 0.410 e. The Morgan fingerprint density at radius 2 is 1.76 bits per heavy atom. The molecule has 1 amide bonds. The lowest BCUT2D eigenvalue weighted by molar-refractivity contribution is 0.102. The average Bonchev–Trinajstić information content (AvgIpc) is 3.20. The maximum Gasteiger partial charge on any atom is 0.410 e. The van der Waals surface area contributed by atoms with E-state index in [0.29, 0.717) is 25.6 Å². The highest BCUT2D eigenvalue weighted by molar-refractivity contribution is 5.69. The number of likely N-dealkylation sites (tertiary alicyclic amines) is 1. The molecule has 128 valence electrons. The highest BCUT2D eigenvalue weighted by Crippen LogP contribution is 2.35. The number of benzene rings is 2. The monoisotopic (exact) mass is 335 g/mol. The van der Waals surface area contributed by atoms with Crippen LogP contribution in [0.25, 0.3) is 0 Å². The van der Waals surface area contributed by atoms with E-state index < -0.39 is 0 Å². The molecule has 1 aliphatic carbocycles. The second-order valence-electron chi connectivity index (χ2n) is 6.56. The van der Waals surface area contributed by atoms with Crippen LogP contribution in [0, 0.1) is 5.92 Å². The van der Waals surface area contributed by atoms with E-state index in [4.69, 9.17) is 9.47 Å². The molecule has 0 spiro atoms. The number of hydrogen-bond donors (Lipinski definition) is 0. The van der Waals surface area contributed by atoms with Gasteiger partial charge < -0.3 is 14.4 Å². The van der Waals surface area contributed by atoms with Gasteiger partial charge in [-0.25, -0.2) is 4.79 Å². The van der Waals surface area contributed by atoms with Crippen LogP contribution in [-0.2, 0) is 11.3 Å². The summed E-state index contributed by atoms with van der Waals surface area (Å²) in [4.78, 5) is 14.1. The second kappa shape index (κ2) is 7.01. The van der Waals surface area contributed by atoms with Crippen LogP contribution in [0.15, 0.2) is 72.3 Å². The van der Waals surface area contributed by atoms with Crippen LogP contribution in [0.2, 0.25) is 0 Å². The molecule has 2 aliphatic rings. The first-order valence-electron chi connectivity index (χ1n) is 8.66. The Bertz CT molecular complexity index is 757. The molecule has 0 bridgehead atoms. The summed E-state index contributed by atoms with van der Waals surface area (Å²) >= 11 is 0. The maximum absolute atomic E-state index is 12.3. The largest absolute Gasteiger partial charge is 0.486 e. The zero-order chi connectivity index (χ0) is 17.1. The van der Waals surface area contributed by atoms with Crippen LogP contribution < -0.4 is 4.74 Å². The first-order chi connectivity index (χ1) is 12.3. The molecular weight excluding hydrogens is 314 g/mol. The summed E-state index contributed by atoms with van der Waals surface area (Å²) in [6.45, 7) is 1.68. The standard InChI is InChI=1S/C21H21NO3/c23-21(24-15-16-7-3-1-4-8-16)22-13-17-11-20(12-18(17)14-22)25-19-9-5-2-6-10-19/h1-11,18,20H,12-15H2/t18-,20-/m1/s1. The molecule has 0 N–H and O–H groups in total. The summed E-state index contributed by atoms with van der Waals surface area (Å²) in [5.74, 6) is 1.28. The molecule has 2 atom stereocenters. The Balaban J connectivity index is 1.30. The van der Waals surface area contributed by atoms with Crippen LogP contribution >= 0.6 is 0 Å². The lowest BCUT2D eigenvalue weighted by Gasteiger charge is -2.18. The molecule has 1 aliphatic heterocycles. The number of ether oxygens (including phenoxy) is 2. The molecule has 1 saturated heterocycles. The van der Waals surface area contributed by atoms with Gasteiger partial charge in [0.05, 0.1) is 0 Å². The number of carbonyl (C=O) groups is 1. The van der Waals surface area contributed by atoms with Crippen molar-refractivity contribution < 1.29 is 14.3 Å². The molecule has 25 heavy (non-hydrogen) atoms. The number of hydrogen-bond acceptors (Lipinski definition) is 3. The molecule has 1 heterocycles. The molecule has 4 nitrogen and oxygen atoms in total. The summed E-state index contributed by atoms with van der Waals surface area (Å²) in [6.07, 6.45) is 2.96. The van der Waals surface area contributed by atoms with Gasteiger partial charge in [0.1, 0.15) is 18.5 Å². The Kier molecular flexibility index (Phi) is 4.42. The van der Waals surface area contributed by atoms with Crippen molar-refractivity contribution in [1.82, 2.24) is 4.90 Å². The van der Waals surface area contributed by atoms with Gasteiger partial charge in [-0.1, -0.05) is 48.5 Å². The van der Waals surface area contributed by atoms with Gasteiger partial charge in [0.25, 0.3) is 0 Å². The van der Waals surface area contributed by atoms with Crippen LogP contribution in [0.3, 0.4) is 0 Å². The van der Waals surface area contributed by atoms with Gasteiger partial charge in [-0.15, -0.1) is 0 Å². The molecule has 4 rings (SSSR count). The van der Waals surface area contributed by atoms with Crippen molar-refractivity contribution in [2.24, 2.45) is 5.92 Å². The van der Waals surface area contributed by atoms with E-state index in [-0.39, 0.29) is 12.2 Å². The van der Waals surface area contributed by atoms with E-state index in [0.717, 1.165) is 17.7 Å². The third kappa shape index (κ3) is 3.68. The van der Waals surface area contributed by atoms with Gasteiger partial charge in [-0.2, -0.15) is 0 Å². The third-order valence-corrected chi connectivity index (χ3v) is 4.75. The quantitative estimate of drug-likeness (QED) is 0.792. The summed E-state index contributed by atoms with van der Waals surface area (Å²) in [7, 11) is 0.